The largest absolute Gasteiger partial charge is 0.271 e. The van der Waals surface area contributed by atoms with E-state index in [0.29, 0.717) is 17.0 Å². The molecule has 2 rings (SSSR count). The summed E-state index contributed by atoms with van der Waals surface area (Å²) in [6.07, 6.45) is 8.53. The van der Waals surface area contributed by atoms with Gasteiger partial charge in [-0.15, -0.1) is 0 Å². The molecule has 1 aliphatic rings. The van der Waals surface area contributed by atoms with E-state index in [0.717, 1.165) is 19.3 Å². The minimum atomic E-state index is -0.220. The molecule has 0 aliphatic heterocycles. The lowest BCUT2D eigenvalue weighted by molar-refractivity contribution is 0.492. The summed E-state index contributed by atoms with van der Waals surface area (Å²) < 4.78 is 13.7. The van der Waals surface area contributed by atoms with Gasteiger partial charge in [0.1, 0.15) is 5.82 Å². The topological polar surface area (TPSA) is 38.0 Å². The summed E-state index contributed by atoms with van der Waals surface area (Å²) in [5.41, 5.74) is 4.84. The Balaban J connectivity index is 2.02. The number of rotatable bonds is 5. The van der Waals surface area contributed by atoms with Gasteiger partial charge in [0.05, 0.1) is 0 Å². The van der Waals surface area contributed by atoms with Crippen molar-refractivity contribution in [2.24, 2.45) is 5.84 Å². The van der Waals surface area contributed by atoms with Gasteiger partial charge in [-0.1, -0.05) is 23.3 Å². The number of benzene rings is 1. The molecule has 0 fully saturated rings. The van der Waals surface area contributed by atoms with Crippen LogP contribution in [0.1, 0.15) is 37.7 Å². The second-order valence-corrected chi connectivity index (χ2v) is 5.55. The van der Waals surface area contributed by atoms with E-state index in [9.17, 15) is 4.39 Å². The Labute approximate surface area is 118 Å². The van der Waals surface area contributed by atoms with Crippen LogP contribution in [0.25, 0.3) is 0 Å². The zero-order valence-electron chi connectivity index (χ0n) is 11.0. The maximum atomic E-state index is 13.7. The highest BCUT2D eigenvalue weighted by atomic mass is 35.5. The van der Waals surface area contributed by atoms with Gasteiger partial charge in [0.25, 0.3) is 0 Å². The molecule has 104 valence electrons. The number of nitrogens with two attached hydrogens (primary N) is 1. The van der Waals surface area contributed by atoms with E-state index in [1.54, 1.807) is 12.1 Å². The normalized spacial score (nSPS) is 17.1. The van der Waals surface area contributed by atoms with Crippen molar-refractivity contribution in [3.8, 4) is 0 Å². The molecule has 0 bridgehead atoms. The first kappa shape index (κ1) is 14.5. The van der Waals surface area contributed by atoms with Crippen LogP contribution in [-0.4, -0.2) is 6.04 Å². The van der Waals surface area contributed by atoms with Crippen molar-refractivity contribution in [3.05, 3.63) is 46.3 Å². The number of hydrogen-bond donors (Lipinski definition) is 2. The Morgan fingerprint density at radius 2 is 2.16 bits per heavy atom. The predicted molar refractivity (Wildman–Crippen MR) is 77.4 cm³/mol. The van der Waals surface area contributed by atoms with Gasteiger partial charge < -0.3 is 0 Å². The summed E-state index contributed by atoms with van der Waals surface area (Å²) in [5.74, 6) is 5.37. The van der Waals surface area contributed by atoms with Crippen LogP contribution in [0, 0.1) is 5.82 Å². The summed E-state index contributed by atoms with van der Waals surface area (Å²) in [6.45, 7) is 0. The standard InChI is InChI=1S/C15H20ClFN2/c16-13-6-7-15(17)12(9-13)10-14(19-18)8-11-4-2-1-3-5-11/h4,6-7,9,14,19H,1-3,5,8,10,18H2. The number of nitrogens with one attached hydrogen (secondary N) is 1. The monoisotopic (exact) mass is 282 g/mol. The molecule has 3 N–H and O–H groups in total. The molecule has 1 unspecified atom stereocenters. The molecular formula is C15H20ClFN2. The van der Waals surface area contributed by atoms with Gasteiger partial charge in [-0.3, -0.25) is 11.3 Å². The van der Waals surface area contributed by atoms with E-state index < -0.39 is 0 Å². The SMILES string of the molecule is NNC(CC1=CCCCC1)Cc1cc(Cl)ccc1F. The van der Waals surface area contributed by atoms with Crippen LogP contribution in [0.3, 0.4) is 0 Å². The van der Waals surface area contributed by atoms with Crippen LogP contribution < -0.4 is 11.3 Å². The number of halogens is 2. The van der Waals surface area contributed by atoms with Crippen LogP contribution in [0.4, 0.5) is 4.39 Å². The van der Waals surface area contributed by atoms with Crippen molar-refractivity contribution in [1.29, 1.82) is 0 Å². The Hall–Kier alpha value is -0.900. The van der Waals surface area contributed by atoms with E-state index in [4.69, 9.17) is 17.4 Å². The fourth-order valence-corrected chi connectivity index (χ4v) is 2.76. The van der Waals surface area contributed by atoms with E-state index in [1.165, 1.54) is 24.5 Å². The molecular weight excluding hydrogens is 263 g/mol. The first-order chi connectivity index (χ1) is 9.19. The molecule has 1 aromatic rings. The number of allylic oxidation sites excluding steroid dienone is 1. The molecule has 0 amide bonds. The molecule has 0 heterocycles. The van der Waals surface area contributed by atoms with Crippen molar-refractivity contribution < 1.29 is 4.39 Å². The third kappa shape index (κ3) is 4.30. The Bertz CT molecular complexity index is 459. The van der Waals surface area contributed by atoms with E-state index in [1.807, 2.05) is 0 Å². The Morgan fingerprint density at radius 3 is 2.84 bits per heavy atom. The lowest BCUT2D eigenvalue weighted by Gasteiger charge is -2.20. The molecule has 19 heavy (non-hydrogen) atoms. The molecule has 1 aliphatic carbocycles. The molecule has 0 aromatic heterocycles. The molecule has 4 heteroatoms. The van der Waals surface area contributed by atoms with Crippen molar-refractivity contribution >= 4 is 11.6 Å². The number of hydrogen-bond acceptors (Lipinski definition) is 2. The first-order valence-electron chi connectivity index (χ1n) is 6.77. The molecule has 0 saturated carbocycles. The second kappa shape index (κ2) is 7.04. The molecule has 2 nitrogen and oxygen atoms in total. The summed E-state index contributed by atoms with van der Waals surface area (Å²) in [5, 5.41) is 0.559. The first-order valence-corrected chi connectivity index (χ1v) is 7.15. The summed E-state index contributed by atoms with van der Waals surface area (Å²) in [6, 6.07) is 4.70. The predicted octanol–water partition coefficient (Wildman–Crippen LogP) is 3.74. The lowest BCUT2D eigenvalue weighted by atomic mass is 9.92. The van der Waals surface area contributed by atoms with Crippen molar-refractivity contribution in [1.82, 2.24) is 5.43 Å². The third-order valence-corrected chi connectivity index (χ3v) is 3.84. The fourth-order valence-electron chi connectivity index (χ4n) is 2.56. The zero-order valence-corrected chi connectivity index (χ0v) is 11.7. The van der Waals surface area contributed by atoms with Gasteiger partial charge in [0.15, 0.2) is 0 Å². The maximum absolute atomic E-state index is 13.7. The quantitative estimate of drug-likeness (QED) is 0.490. The van der Waals surface area contributed by atoms with E-state index in [2.05, 4.69) is 11.5 Å². The van der Waals surface area contributed by atoms with Gasteiger partial charge in [-0.2, -0.15) is 0 Å². The molecule has 0 radical (unpaired) electrons. The van der Waals surface area contributed by atoms with Crippen LogP contribution in [-0.2, 0) is 6.42 Å². The van der Waals surface area contributed by atoms with Crippen LogP contribution in [0.5, 0.6) is 0 Å². The highest BCUT2D eigenvalue weighted by Gasteiger charge is 2.14. The lowest BCUT2D eigenvalue weighted by Crippen LogP contribution is -2.37. The van der Waals surface area contributed by atoms with Crippen molar-refractivity contribution in [2.45, 2.75) is 44.6 Å². The maximum Gasteiger partial charge on any atom is 0.126 e. The van der Waals surface area contributed by atoms with Crippen molar-refractivity contribution in [3.63, 3.8) is 0 Å². The third-order valence-electron chi connectivity index (χ3n) is 3.60. The zero-order chi connectivity index (χ0) is 13.7. The molecule has 1 atom stereocenters. The molecule has 1 aromatic carbocycles. The molecule has 0 spiro atoms. The van der Waals surface area contributed by atoms with Crippen LogP contribution >= 0.6 is 11.6 Å². The Morgan fingerprint density at radius 1 is 1.32 bits per heavy atom. The summed E-state index contributed by atoms with van der Waals surface area (Å²) in [7, 11) is 0. The van der Waals surface area contributed by atoms with Crippen molar-refractivity contribution in [2.75, 3.05) is 0 Å². The summed E-state index contributed by atoms with van der Waals surface area (Å²) in [4.78, 5) is 0. The molecule has 0 saturated heterocycles. The smallest absolute Gasteiger partial charge is 0.126 e. The van der Waals surface area contributed by atoms with Gasteiger partial charge in [0, 0.05) is 11.1 Å². The fraction of sp³-hybridized carbons (Fsp3) is 0.467. The highest BCUT2D eigenvalue weighted by molar-refractivity contribution is 6.30. The van der Waals surface area contributed by atoms with Gasteiger partial charge in [-0.05, 0) is 62.3 Å². The van der Waals surface area contributed by atoms with Gasteiger partial charge in [0.2, 0.25) is 0 Å². The minimum Gasteiger partial charge on any atom is -0.271 e. The van der Waals surface area contributed by atoms with E-state index >= 15 is 0 Å². The average Bonchev–Trinajstić information content (AvgIpc) is 2.43. The van der Waals surface area contributed by atoms with Crippen LogP contribution in [0.15, 0.2) is 29.8 Å². The second-order valence-electron chi connectivity index (χ2n) is 5.12. The number of hydrazine groups is 1. The van der Waals surface area contributed by atoms with Crippen LogP contribution in [0.2, 0.25) is 5.02 Å². The minimum absolute atomic E-state index is 0.0531. The Kier molecular flexibility index (Phi) is 5.37. The highest BCUT2D eigenvalue weighted by Crippen LogP contribution is 2.23. The average molecular weight is 283 g/mol. The van der Waals surface area contributed by atoms with E-state index in [-0.39, 0.29) is 11.9 Å². The van der Waals surface area contributed by atoms with Gasteiger partial charge >= 0.3 is 0 Å². The van der Waals surface area contributed by atoms with Gasteiger partial charge in [-0.25, -0.2) is 4.39 Å². The summed E-state index contributed by atoms with van der Waals surface area (Å²) >= 11 is 5.91.